The lowest BCUT2D eigenvalue weighted by atomic mass is 10.0. The molecule has 1 fully saturated rings. The SMILES string of the molecule is CCCCOC(=O)NC(CCc1ccc(-c2cccc(Cl)c2)cc1)C(=O)OCCN1CCOCC1. The zero-order chi connectivity index (χ0) is 24.9. The Hall–Kier alpha value is -2.61. The number of halogens is 1. The lowest BCUT2D eigenvalue weighted by Crippen LogP contribution is -2.44. The van der Waals surface area contributed by atoms with E-state index in [4.69, 9.17) is 25.8 Å². The van der Waals surface area contributed by atoms with E-state index < -0.39 is 18.1 Å². The predicted molar refractivity (Wildman–Crippen MR) is 137 cm³/mol. The van der Waals surface area contributed by atoms with Crippen LogP contribution in [0.2, 0.25) is 5.02 Å². The number of amides is 1. The summed E-state index contributed by atoms with van der Waals surface area (Å²) in [6, 6.07) is 15.0. The smallest absolute Gasteiger partial charge is 0.407 e. The molecule has 1 heterocycles. The minimum absolute atomic E-state index is 0.274. The van der Waals surface area contributed by atoms with Gasteiger partial charge in [0.25, 0.3) is 0 Å². The molecule has 1 aliphatic heterocycles. The highest BCUT2D eigenvalue weighted by Crippen LogP contribution is 2.23. The first-order valence-electron chi connectivity index (χ1n) is 12.3. The number of alkyl carbamates (subject to hydrolysis) is 1. The van der Waals surface area contributed by atoms with E-state index in [0.29, 0.717) is 44.2 Å². The van der Waals surface area contributed by atoms with Crippen molar-refractivity contribution < 1.29 is 23.8 Å². The van der Waals surface area contributed by atoms with Crippen LogP contribution in [0.3, 0.4) is 0 Å². The lowest BCUT2D eigenvalue weighted by molar-refractivity contribution is -0.146. The molecule has 1 unspecified atom stereocenters. The van der Waals surface area contributed by atoms with Gasteiger partial charge < -0.3 is 19.5 Å². The number of rotatable bonds is 12. The molecule has 35 heavy (non-hydrogen) atoms. The first kappa shape index (κ1) is 27.0. The largest absolute Gasteiger partial charge is 0.463 e. The number of esters is 1. The van der Waals surface area contributed by atoms with E-state index in [0.717, 1.165) is 42.6 Å². The zero-order valence-electron chi connectivity index (χ0n) is 20.3. The maximum Gasteiger partial charge on any atom is 0.407 e. The van der Waals surface area contributed by atoms with Gasteiger partial charge in [-0.2, -0.15) is 0 Å². The summed E-state index contributed by atoms with van der Waals surface area (Å²) in [5.41, 5.74) is 3.17. The van der Waals surface area contributed by atoms with Crippen LogP contribution in [0.25, 0.3) is 11.1 Å². The van der Waals surface area contributed by atoms with E-state index in [2.05, 4.69) is 10.2 Å². The number of carbonyl (C=O) groups excluding carboxylic acids is 2. The Labute approximate surface area is 212 Å². The van der Waals surface area contributed by atoms with Crippen LogP contribution in [0.1, 0.15) is 31.7 Å². The standard InChI is InChI=1S/C27H35ClN2O5/c1-2-3-16-35-27(32)29-25(26(31)34-19-15-30-13-17-33-18-14-30)12-9-21-7-10-22(11-8-21)23-5-4-6-24(28)20-23/h4-8,10-11,20,25H,2-3,9,12-19H2,1H3,(H,29,32). The van der Waals surface area contributed by atoms with Crippen LogP contribution in [-0.4, -0.2) is 69.1 Å². The van der Waals surface area contributed by atoms with Gasteiger partial charge in [-0.05, 0) is 48.1 Å². The average Bonchev–Trinajstić information content (AvgIpc) is 2.87. The monoisotopic (exact) mass is 502 g/mol. The van der Waals surface area contributed by atoms with Gasteiger partial charge in [-0.25, -0.2) is 9.59 Å². The molecule has 3 rings (SSSR count). The van der Waals surface area contributed by atoms with Crippen LogP contribution in [0, 0.1) is 0 Å². The van der Waals surface area contributed by atoms with Crippen molar-refractivity contribution in [3.63, 3.8) is 0 Å². The predicted octanol–water partition coefficient (Wildman–Crippen LogP) is 4.71. The number of hydrogen-bond donors (Lipinski definition) is 1. The molecular weight excluding hydrogens is 468 g/mol. The van der Waals surface area contributed by atoms with Crippen molar-refractivity contribution in [3.8, 4) is 11.1 Å². The van der Waals surface area contributed by atoms with Crippen molar-refractivity contribution in [2.75, 3.05) is 46.1 Å². The summed E-state index contributed by atoms with van der Waals surface area (Å²) < 4.78 is 16.0. The number of benzene rings is 2. The summed E-state index contributed by atoms with van der Waals surface area (Å²) in [6.07, 6.45) is 2.13. The molecule has 0 bridgehead atoms. The van der Waals surface area contributed by atoms with Gasteiger partial charge in [0.1, 0.15) is 12.6 Å². The van der Waals surface area contributed by atoms with E-state index in [1.54, 1.807) is 0 Å². The average molecular weight is 503 g/mol. The van der Waals surface area contributed by atoms with Crippen LogP contribution in [0.15, 0.2) is 48.5 Å². The molecule has 2 aromatic carbocycles. The number of carbonyl (C=O) groups is 2. The van der Waals surface area contributed by atoms with Gasteiger partial charge in [0.2, 0.25) is 0 Å². The maximum absolute atomic E-state index is 12.8. The molecule has 1 amide bonds. The molecule has 2 aromatic rings. The number of nitrogens with one attached hydrogen (secondary N) is 1. The summed E-state index contributed by atoms with van der Waals surface area (Å²) in [4.78, 5) is 27.2. The van der Waals surface area contributed by atoms with E-state index in [1.807, 2.05) is 55.5 Å². The molecule has 1 saturated heterocycles. The second-order valence-corrected chi connectivity index (χ2v) is 8.99. The van der Waals surface area contributed by atoms with Crippen molar-refractivity contribution in [2.24, 2.45) is 0 Å². The van der Waals surface area contributed by atoms with Crippen LogP contribution in [0.4, 0.5) is 4.79 Å². The molecule has 7 nitrogen and oxygen atoms in total. The van der Waals surface area contributed by atoms with Crippen LogP contribution >= 0.6 is 11.6 Å². The molecule has 0 saturated carbocycles. The Kier molecular flexibility index (Phi) is 11.3. The van der Waals surface area contributed by atoms with Gasteiger partial charge in [-0.1, -0.05) is 61.3 Å². The van der Waals surface area contributed by atoms with Crippen LogP contribution in [0.5, 0.6) is 0 Å². The highest BCUT2D eigenvalue weighted by molar-refractivity contribution is 6.30. The summed E-state index contributed by atoms with van der Waals surface area (Å²) in [6.45, 7) is 6.31. The van der Waals surface area contributed by atoms with E-state index in [1.165, 1.54) is 0 Å². The summed E-state index contributed by atoms with van der Waals surface area (Å²) in [7, 11) is 0. The number of aryl methyl sites for hydroxylation is 1. The van der Waals surface area contributed by atoms with Crippen LogP contribution < -0.4 is 5.32 Å². The molecular formula is C27H35ClN2O5. The minimum Gasteiger partial charge on any atom is -0.463 e. The number of hydrogen-bond acceptors (Lipinski definition) is 6. The number of morpholine rings is 1. The molecule has 0 aromatic heterocycles. The van der Waals surface area contributed by atoms with E-state index >= 15 is 0 Å². The highest BCUT2D eigenvalue weighted by Gasteiger charge is 2.23. The fraction of sp³-hybridized carbons (Fsp3) is 0.481. The molecule has 1 atom stereocenters. The fourth-order valence-electron chi connectivity index (χ4n) is 3.79. The van der Waals surface area contributed by atoms with Gasteiger partial charge in [0.15, 0.2) is 0 Å². The quantitative estimate of drug-likeness (QED) is 0.334. The molecule has 8 heteroatoms. The van der Waals surface area contributed by atoms with Gasteiger partial charge in [-0.3, -0.25) is 4.90 Å². The molecule has 0 radical (unpaired) electrons. The van der Waals surface area contributed by atoms with Crippen LogP contribution in [-0.2, 0) is 25.4 Å². The Bertz CT molecular complexity index is 931. The van der Waals surface area contributed by atoms with E-state index in [-0.39, 0.29) is 6.61 Å². The third-order valence-electron chi connectivity index (χ3n) is 5.90. The number of nitrogens with zero attached hydrogens (tertiary/aromatic N) is 1. The Morgan fingerprint density at radius 2 is 1.83 bits per heavy atom. The normalized spacial score (nSPS) is 14.8. The van der Waals surface area contributed by atoms with Crippen molar-refractivity contribution >= 4 is 23.7 Å². The topological polar surface area (TPSA) is 77.1 Å². The third kappa shape index (κ3) is 9.51. The first-order valence-corrected chi connectivity index (χ1v) is 12.7. The van der Waals surface area contributed by atoms with Crippen molar-refractivity contribution in [3.05, 3.63) is 59.1 Å². The molecule has 190 valence electrons. The molecule has 0 aliphatic carbocycles. The Balaban J connectivity index is 1.55. The summed E-state index contributed by atoms with van der Waals surface area (Å²) >= 11 is 6.11. The highest BCUT2D eigenvalue weighted by atomic mass is 35.5. The fourth-order valence-corrected chi connectivity index (χ4v) is 3.98. The van der Waals surface area contributed by atoms with Gasteiger partial charge in [-0.15, -0.1) is 0 Å². The molecule has 0 spiro atoms. The lowest BCUT2D eigenvalue weighted by Gasteiger charge is -2.26. The van der Waals surface area contributed by atoms with Crippen molar-refractivity contribution in [1.82, 2.24) is 10.2 Å². The second kappa shape index (κ2) is 14.7. The van der Waals surface area contributed by atoms with Crippen molar-refractivity contribution in [1.29, 1.82) is 0 Å². The van der Waals surface area contributed by atoms with Gasteiger partial charge >= 0.3 is 12.1 Å². The Morgan fingerprint density at radius 1 is 1.06 bits per heavy atom. The number of ether oxygens (including phenoxy) is 3. The summed E-state index contributed by atoms with van der Waals surface area (Å²) in [5.74, 6) is -0.443. The zero-order valence-corrected chi connectivity index (χ0v) is 21.1. The first-order chi connectivity index (χ1) is 17.0. The number of unbranched alkanes of at least 4 members (excludes halogenated alkanes) is 1. The Morgan fingerprint density at radius 3 is 2.54 bits per heavy atom. The van der Waals surface area contributed by atoms with Gasteiger partial charge in [0.05, 0.1) is 19.8 Å². The third-order valence-corrected chi connectivity index (χ3v) is 6.13. The second-order valence-electron chi connectivity index (χ2n) is 8.55. The minimum atomic E-state index is -0.776. The molecule has 1 aliphatic rings. The summed E-state index contributed by atoms with van der Waals surface area (Å²) in [5, 5.41) is 3.39. The van der Waals surface area contributed by atoms with Gasteiger partial charge in [0, 0.05) is 24.7 Å². The maximum atomic E-state index is 12.8. The van der Waals surface area contributed by atoms with E-state index in [9.17, 15) is 9.59 Å². The molecule has 1 N–H and O–H groups in total. The van der Waals surface area contributed by atoms with Crippen molar-refractivity contribution in [2.45, 2.75) is 38.6 Å².